The molecule has 6 heteroatoms. The molecule has 0 atom stereocenters. The average Bonchev–Trinajstić information content (AvgIpc) is 3.33. The van der Waals surface area contributed by atoms with Crippen LogP contribution in [-0.4, -0.2) is 20.7 Å². The van der Waals surface area contributed by atoms with Crippen LogP contribution in [0.1, 0.15) is 54.6 Å². The highest BCUT2D eigenvalue weighted by atomic mass is 79.9. The van der Waals surface area contributed by atoms with Crippen molar-refractivity contribution in [1.82, 2.24) is 14.8 Å². The molecule has 4 aliphatic carbocycles. The van der Waals surface area contributed by atoms with Crippen LogP contribution >= 0.6 is 15.9 Å². The highest BCUT2D eigenvalue weighted by Crippen LogP contribution is 2.61. The third-order valence-electron chi connectivity index (χ3n) is 8.48. The number of hydrogen-bond donors (Lipinski definition) is 1. The molecule has 0 aliphatic heterocycles. The van der Waals surface area contributed by atoms with Crippen LogP contribution in [0.4, 0.5) is 5.69 Å². The number of benzene rings is 2. The molecule has 176 valence electrons. The minimum Gasteiger partial charge on any atom is -0.320 e. The Bertz CT molecular complexity index is 1410. The fraction of sp³-hybridized carbons (Fsp3) is 0.345. The number of nitrogens with zero attached hydrogens (tertiary/aromatic N) is 3. The summed E-state index contributed by atoms with van der Waals surface area (Å²) in [5.41, 5.74) is 4.18. The van der Waals surface area contributed by atoms with Gasteiger partial charge in [-0.15, -0.1) is 0 Å². The number of fused-ring (bicyclic) bond motifs is 1. The van der Waals surface area contributed by atoms with Gasteiger partial charge in [-0.05, 0) is 86.6 Å². The third kappa shape index (κ3) is 3.53. The fourth-order valence-electron chi connectivity index (χ4n) is 7.47. The van der Waals surface area contributed by atoms with Crippen LogP contribution in [0.25, 0.3) is 16.6 Å². The Balaban J connectivity index is 1.32. The van der Waals surface area contributed by atoms with Crippen LogP contribution in [0.5, 0.6) is 0 Å². The van der Waals surface area contributed by atoms with Gasteiger partial charge in [-0.3, -0.25) is 9.78 Å². The number of anilines is 1. The zero-order valence-electron chi connectivity index (χ0n) is 19.5. The van der Waals surface area contributed by atoms with Gasteiger partial charge in [0, 0.05) is 27.7 Å². The Morgan fingerprint density at radius 3 is 2.37 bits per heavy atom. The van der Waals surface area contributed by atoms with Gasteiger partial charge in [0.15, 0.2) is 0 Å². The van der Waals surface area contributed by atoms with Gasteiger partial charge in [-0.1, -0.05) is 40.2 Å². The molecule has 0 spiro atoms. The fourth-order valence-corrected chi connectivity index (χ4v) is 7.93. The maximum Gasteiger partial charge on any atom is 0.259 e. The first-order chi connectivity index (χ1) is 17.1. The number of rotatable bonds is 4. The molecule has 4 bridgehead atoms. The van der Waals surface area contributed by atoms with Gasteiger partial charge < -0.3 is 5.32 Å². The van der Waals surface area contributed by atoms with E-state index in [1.807, 2.05) is 65.5 Å². The number of halogens is 1. The highest BCUT2D eigenvalue weighted by Gasteiger charge is 2.53. The summed E-state index contributed by atoms with van der Waals surface area (Å²) in [6.45, 7) is 0. The van der Waals surface area contributed by atoms with E-state index in [4.69, 9.17) is 5.10 Å². The molecule has 4 fully saturated rings. The SMILES string of the molecule is O=C(Nc1ccc(Br)c2cccnc12)c1cn(-c2ccccc2)nc1C12CC3CC(CC(C3)C1)C2. The van der Waals surface area contributed by atoms with Gasteiger partial charge in [-0.2, -0.15) is 5.10 Å². The predicted molar refractivity (Wildman–Crippen MR) is 141 cm³/mol. The molecule has 0 radical (unpaired) electrons. The molecule has 2 heterocycles. The first-order valence-electron chi connectivity index (χ1n) is 12.6. The Morgan fingerprint density at radius 2 is 1.66 bits per heavy atom. The molecule has 0 unspecified atom stereocenters. The first kappa shape index (κ1) is 21.3. The van der Waals surface area contributed by atoms with Crippen LogP contribution < -0.4 is 5.32 Å². The number of amides is 1. The van der Waals surface area contributed by atoms with E-state index in [1.54, 1.807) is 6.20 Å². The third-order valence-corrected chi connectivity index (χ3v) is 9.18. The zero-order chi connectivity index (χ0) is 23.6. The number of para-hydroxylation sites is 1. The van der Waals surface area contributed by atoms with Crippen LogP contribution in [0.3, 0.4) is 0 Å². The molecular weight excluding hydrogens is 500 g/mol. The summed E-state index contributed by atoms with van der Waals surface area (Å²) in [6, 6.07) is 17.9. The minimum atomic E-state index is -0.104. The Kier molecular flexibility index (Phi) is 4.88. The molecule has 4 saturated carbocycles. The van der Waals surface area contributed by atoms with Crippen LogP contribution in [0, 0.1) is 17.8 Å². The van der Waals surface area contributed by atoms with Crippen LogP contribution in [0.15, 0.2) is 71.5 Å². The largest absolute Gasteiger partial charge is 0.320 e. The van der Waals surface area contributed by atoms with E-state index in [9.17, 15) is 4.79 Å². The molecule has 5 nitrogen and oxygen atoms in total. The topological polar surface area (TPSA) is 59.8 Å². The van der Waals surface area contributed by atoms with Crippen molar-refractivity contribution in [3.63, 3.8) is 0 Å². The van der Waals surface area contributed by atoms with Crippen molar-refractivity contribution in [2.24, 2.45) is 17.8 Å². The van der Waals surface area contributed by atoms with E-state index in [-0.39, 0.29) is 11.3 Å². The summed E-state index contributed by atoms with van der Waals surface area (Å²) >= 11 is 3.61. The van der Waals surface area contributed by atoms with Crippen molar-refractivity contribution < 1.29 is 4.79 Å². The Hall–Kier alpha value is -2.99. The van der Waals surface area contributed by atoms with Gasteiger partial charge in [0.25, 0.3) is 5.91 Å². The molecule has 2 aromatic carbocycles. The summed E-state index contributed by atoms with van der Waals surface area (Å²) in [6.07, 6.45) is 11.3. The first-order valence-corrected chi connectivity index (χ1v) is 13.4. The maximum absolute atomic E-state index is 13.9. The van der Waals surface area contributed by atoms with Gasteiger partial charge >= 0.3 is 0 Å². The molecule has 35 heavy (non-hydrogen) atoms. The van der Waals surface area contributed by atoms with E-state index in [1.165, 1.54) is 19.3 Å². The minimum absolute atomic E-state index is 0.0154. The second-order valence-electron chi connectivity index (χ2n) is 10.8. The molecule has 1 amide bonds. The van der Waals surface area contributed by atoms with E-state index in [2.05, 4.69) is 26.2 Å². The standard InChI is InChI=1S/C29H27BrN4O/c30-24-8-9-25(26-22(24)7-4-10-31-26)32-28(35)23-17-34(21-5-2-1-3-6-21)33-27(23)29-14-18-11-19(15-29)13-20(12-18)16-29/h1-10,17-20H,11-16H2,(H,32,35). The van der Waals surface area contributed by atoms with Gasteiger partial charge in [0.05, 0.1) is 28.1 Å². The lowest BCUT2D eigenvalue weighted by molar-refractivity contribution is -0.00765. The number of nitrogens with one attached hydrogen (secondary N) is 1. The lowest BCUT2D eigenvalue weighted by Gasteiger charge is -2.56. The second kappa shape index (κ2) is 8.02. The van der Waals surface area contributed by atoms with Crippen molar-refractivity contribution in [3.05, 3.63) is 82.7 Å². The number of aromatic nitrogens is 3. The van der Waals surface area contributed by atoms with E-state index in [0.29, 0.717) is 5.56 Å². The Labute approximate surface area is 213 Å². The highest BCUT2D eigenvalue weighted by molar-refractivity contribution is 9.10. The number of hydrogen-bond acceptors (Lipinski definition) is 3. The molecule has 4 aromatic rings. The van der Waals surface area contributed by atoms with E-state index >= 15 is 0 Å². The van der Waals surface area contributed by atoms with E-state index < -0.39 is 0 Å². The van der Waals surface area contributed by atoms with Crippen molar-refractivity contribution in [3.8, 4) is 5.69 Å². The average molecular weight is 527 g/mol. The van der Waals surface area contributed by atoms with E-state index in [0.717, 1.165) is 69.5 Å². The molecule has 1 N–H and O–H groups in total. The lowest BCUT2D eigenvalue weighted by atomic mass is 9.48. The summed E-state index contributed by atoms with van der Waals surface area (Å²) in [4.78, 5) is 18.5. The molecule has 2 aromatic heterocycles. The summed E-state index contributed by atoms with van der Waals surface area (Å²) < 4.78 is 2.87. The quantitative estimate of drug-likeness (QED) is 0.314. The lowest BCUT2D eigenvalue weighted by Crippen LogP contribution is -2.49. The number of carbonyl (C=O) groups is 1. The van der Waals surface area contributed by atoms with Crippen molar-refractivity contribution >= 4 is 38.4 Å². The van der Waals surface area contributed by atoms with Gasteiger partial charge in [0.1, 0.15) is 0 Å². The molecule has 0 saturated heterocycles. The predicted octanol–water partition coefficient (Wildman–Crippen LogP) is 6.90. The van der Waals surface area contributed by atoms with Crippen LogP contribution in [0.2, 0.25) is 0 Å². The van der Waals surface area contributed by atoms with Crippen molar-refractivity contribution in [2.75, 3.05) is 5.32 Å². The van der Waals surface area contributed by atoms with Crippen molar-refractivity contribution in [2.45, 2.75) is 43.9 Å². The number of pyridine rings is 1. The van der Waals surface area contributed by atoms with Gasteiger partial charge in [-0.25, -0.2) is 4.68 Å². The summed E-state index contributed by atoms with van der Waals surface area (Å²) in [5.74, 6) is 2.23. The monoisotopic (exact) mass is 526 g/mol. The Morgan fingerprint density at radius 1 is 0.943 bits per heavy atom. The molecule has 8 rings (SSSR count). The molecule has 4 aliphatic rings. The second-order valence-corrected chi connectivity index (χ2v) is 11.7. The van der Waals surface area contributed by atoms with Crippen LogP contribution in [-0.2, 0) is 5.41 Å². The number of carbonyl (C=O) groups excluding carboxylic acids is 1. The zero-order valence-corrected chi connectivity index (χ0v) is 21.0. The normalized spacial score (nSPS) is 26.8. The summed E-state index contributed by atoms with van der Waals surface area (Å²) in [7, 11) is 0. The molecular formula is C29H27BrN4O. The van der Waals surface area contributed by atoms with Gasteiger partial charge in [0.2, 0.25) is 0 Å². The smallest absolute Gasteiger partial charge is 0.259 e. The summed E-state index contributed by atoms with van der Waals surface area (Å²) in [5, 5.41) is 9.31. The maximum atomic E-state index is 13.9. The van der Waals surface area contributed by atoms with Crippen molar-refractivity contribution in [1.29, 1.82) is 0 Å².